The zero-order valence-electron chi connectivity index (χ0n) is 18.5. The van der Waals surface area contributed by atoms with Crippen molar-refractivity contribution >= 4 is 6.03 Å². The Morgan fingerprint density at radius 1 is 0.600 bits per heavy atom. The van der Waals surface area contributed by atoms with E-state index in [1.165, 1.54) is 0 Å². The summed E-state index contributed by atoms with van der Waals surface area (Å²) >= 11 is 0. The first-order chi connectivity index (χ1) is 18.1. The van der Waals surface area contributed by atoms with Crippen molar-refractivity contribution in [2.45, 2.75) is 23.8 Å². The third-order valence-electron chi connectivity index (χ3n) is 4.51. The van der Waals surface area contributed by atoms with E-state index in [0.717, 1.165) is 0 Å². The van der Waals surface area contributed by atoms with Crippen LogP contribution in [0.25, 0.3) is 0 Å². The van der Waals surface area contributed by atoms with Crippen molar-refractivity contribution in [1.82, 2.24) is 9.91 Å². The van der Waals surface area contributed by atoms with Crippen molar-refractivity contribution in [1.29, 1.82) is 0 Å². The average Bonchev–Trinajstić information content (AvgIpc) is 3.24. The second-order valence-electron chi connectivity index (χ2n) is 6.88. The number of halogens is 3. The number of hydrogen-bond donors (Lipinski definition) is 0. The van der Waals surface area contributed by atoms with E-state index in [0.29, 0.717) is 0 Å². The Balaban J connectivity index is 3.84. The standard InChI is InChI=1S/C10H10F3N9O18/c11-7(16(24)25,17(26)27)3-38-10(14-1-2-15(6(14)23)22(36)37,39-4-8(12,18(28)29)19(30)31)40-5-9(13,20(32)33)21(34)35/h1-5H2. The molecule has 0 N–H and O–H groups in total. The highest BCUT2D eigenvalue weighted by atomic mass is 19.2. The quantitative estimate of drug-likeness (QED) is 0.0760. The molecule has 1 aliphatic rings. The van der Waals surface area contributed by atoms with Gasteiger partial charge in [-0.15, -0.1) is 0 Å². The topological polar surface area (TPSA) is 353 Å². The molecule has 27 nitrogen and oxygen atoms in total. The highest BCUT2D eigenvalue weighted by molar-refractivity contribution is 5.75. The van der Waals surface area contributed by atoms with Gasteiger partial charge in [0, 0.05) is 0 Å². The van der Waals surface area contributed by atoms with Gasteiger partial charge in [-0.3, -0.25) is 74.9 Å². The molecular formula is C10H10F3N9O18. The van der Waals surface area contributed by atoms with Crippen LogP contribution in [-0.4, -0.2) is 107 Å². The number of ether oxygens (including phenoxy) is 3. The third kappa shape index (κ3) is 5.90. The molecular weight excluding hydrogens is 591 g/mol. The van der Waals surface area contributed by atoms with Crippen molar-refractivity contribution in [2.24, 2.45) is 0 Å². The van der Waals surface area contributed by atoms with Crippen LogP contribution in [0.15, 0.2) is 0 Å². The van der Waals surface area contributed by atoms with Crippen LogP contribution >= 0.6 is 0 Å². The average molecular weight is 601 g/mol. The summed E-state index contributed by atoms with van der Waals surface area (Å²) in [6.45, 7) is -10.7. The molecule has 0 aromatic heterocycles. The molecule has 0 saturated carbocycles. The lowest BCUT2D eigenvalue weighted by molar-refractivity contribution is -0.842. The maximum absolute atomic E-state index is 14.4. The van der Waals surface area contributed by atoms with Gasteiger partial charge >= 0.3 is 29.9 Å². The van der Waals surface area contributed by atoms with E-state index in [9.17, 15) is 88.8 Å². The minimum Gasteiger partial charge on any atom is -0.289 e. The number of nitro groups is 7. The van der Waals surface area contributed by atoms with Gasteiger partial charge in [0.1, 0.15) is 36.1 Å². The lowest BCUT2D eigenvalue weighted by atomic mass is 10.4. The molecule has 1 fully saturated rings. The van der Waals surface area contributed by atoms with Crippen molar-refractivity contribution in [3.05, 3.63) is 70.8 Å². The number of rotatable bonds is 17. The lowest BCUT2D eigenvalue weighted by Crippen LogP contribution is -2.63. The zero-order chi connectivity index (χ0) is 31.4. The summed E-state index contributed by atoms with van der Waals surface area (Å²) in [5, 5.41) is 74.2. The minimum absolute atomic E-state index is 0.470. The molecule has 0 aromatic rings. The second kappa shape index (κ2) is 11.2. The fourth-order valence-corrected chi connectivity index (χ4v) is 2.35. The molecule has 1 heterocycles. The molecule has 0 bridgehead atoms. The summed E-state index contributed by atoms with van der Waals surface area (Å²) in [4.78, 5) is 74.0. The van der Waals surface area contributed by atoms with Crippen molar-refractivity contribution in [3.63, 3.8) is 0 Å². The molecule has 30 heteroatoms. The van der Waals surface area contributed by atoms with Gasteiger partial charge < -0.3 is 0 Å². The van der Waals surface area contributed by atoms with E-state index in [-0.39, 0.29) is 0 Å². The van der Waals surface area contributed by atoms with Crippen LogP contribution in [0, 0.1) is 70.8 Å². The summed E-state index contributed by atoms with van der Waals surface area (Å²) < 4.78 is 55.9. The largest absolute Gasteiger partial charge is 0.638 e. The molecule has 0 atom stereocenters. The highest BCUT2D eigenvalue weighted by Crippen LogP contribution is 2.32. The Labute approximate surface area is 211 Å². The van der Waals surface area contributed by atoms with Gasteiger partial charge in [-0.2, -0.15) is 0 Å². The van der Waals surface area contributed by atoms with Gasteiger partial charge in [0.05, 0.1) is 6.54 Å². The first-order valence-electron chi connectivity index (χ1n) is 9.21. The Bertz CT molecular complexity index is 992. The number of urea groups is 1. The molecule has 0 aromatic carbocycles. The SMILES string of the molecule is O=C1N([N+](=O)[O-])CCN1C(OCC(F)([N+](=O)[O-])[N+](=O)[O-])(OCC(F)([N+](=O)[O-])[N+](=O)[O-])OCC(F)([N+](=O)[O-])[N+](=O)[O-]. The van der Waals surface area contributed by atoms with E-state index < -0.39 is 107 Å². The third-order valence-corrected chi connectivity index (χ3v) is 4.51. The van der Waals surface area contributed by atoms with Gasteiger partial charge in [-0.25, -0.2) is 19.8 Å². The molecule has 1 saturated heterocycles. The maximum Gasteiger partial charge on any atom is 0.638 e. The second-order valence-corrected chi connectivity index (χ2v) is 6.88. The molecule has 0 aliphatic carbocycles. The highest BCUT2D eigenvalue weighted by Gasteiger charge is 2.68. The van der Waals surface area contributed by atoms with Gasteiger partial charge in [0.15, 0.2) is 5.03 Å². The van der Waals surface area contributed by atoms with Crippen LogP contribution in [0.4, 0.5) is 18.0 Å². The number of amides is 2. The number of carbonyl (C=O) groups is 1. The Morgan fingerprint density at radius 2 is 0.875 bits per heavy atom. The number of alkyl halides is 3. The van der Waals surface area contributed by atoms with Crippen LogP contribution in [0.2, 0.25) is 0 Å². The van der Waals surface area contributed by atoms with Gasteiger partial charge in [-0.1, -0.05) is 13.2 Å². The zero-order valence-corrected chi connectivity index (χ0v) is 18.5. The fraction of sp³-hybridized carbons (Fsp3) is 0.900. The van der Waals surface area contributed by atoms with E-state index in [1.807, 2.05) is 0 Å². The fourth-order valence-electron chi connectivity index (χ4n) is 2.35. The number of carbonyl (C=O) groups excluding carboxylic acids is 1. The van der Waals surface area contributed by atoms with E-state index in [1.54, 1.807) is 0 Å². The van der Waals surface area contributed by atoms with Gasteiger partial charge in [-0.05, 0) is 5.01 Å². The summed E-state index contributed by atoms with van der Waals surface area (Å²) in [5.74, 6) is -15.1. The molecule has 1 aliphatic heterocycles. The van der Waals surface area contributed by atoms with E-state index in [4.69, 9.17) is 0 Å². The molecule has 224 valence electrons. The van der Waals surface area contributed by atoms with E-state index in [2.05, 4.69) is 14.2 Å². The van der Waals surface area contributed by atoms with Gasteiger partial charge in [0.25, 0.3) is 0 Å². The van der Waals surface area contributed by atoms with E-state index >= 15 is 0 Å². The predicted octanol–water partition coefficient (Wildman–Crippen LogP) is -1.89. The van der Waals surface area contributed by atoms with Gasteiger partial charge in [0.2, 0.25) is 19.8 Å². The smallest absolute Gasteiger partial charge is 0.289 e. The minimum atomic E-state index is -5.04. The molecule has 0 spiro atoms. The summed E-state index contributed by atoms with van der Waals surface area (Å²) in [7, 11) is 0. The van der Waals surface area contributed by atoms with Crippen LogP contribution < -0.4 is 0 Å². The number of hydrogen-bond acceptors (Lipinski definition) is 18. The Morgan fingerprint density at radius 3 is 1.07 bits per heavy atom. The number of nitrogens with zero attached hydrogens (tertiary/aromatic N) is 9. The summed E-state index contributed by atoms with van der Waals surface area (Å²) in [5.41, 5.74) is 0. The summed E-state index contributed by atoms with van der Waals surface area (Å²) in [6, 6.07) is -2.17. The van der Waals surface area contributed by atoms with Crippen LogP contribution in [0.3, 0.4) is 0 Å². The van der Waals surface area contributed by atoms with Crippen LogP contribution in [0.1, 0.15) is 0 Å². The first-order valence-corrected chi connectivity index (χ1v) is 9.21. The van der Waals surface area contributed by atoms with Crippen molar-refractivity contribution in [3.8, 4) is 0 Å². The normalized spacial score (nSPS) is 14.6. The molecule has 40 heavy (non-hydrogen) atoms. The Kier molecular flexibility index (Phi) is 9.20. The van der Waals surface area contributed by atoms with Crippen molar-refractivity contribution < 1.29 is 66.7 Å². The predicted molar refractivity (Wildman–Crippen MR) is 99.9 cm³/mol. The molecule has 1 rings (SSSR count). The van der Waals surface area contributed by atoms with Crippen molar-refractivity contribution in [2.75, 3.05) is 32.9 Å². The first kappa shape index (κ1) is 32.8. The molecule has 0 unspecified atom stereocenters. The molecule has 2 amide bonds. The maximum atomic E-state index is 14.4. The summed E-state index contributed by atoms with van der Waals surface area (Å²) in [6.07, 6.45) is -4.46. The lowest BCUT2D eigenvalue weighted by Gasteiger charge is -2.37. The number of hydrazine groups is 1. The van der Waals surface area contributed by atoms with Crippen LogP contribution in [-0.2, 0) is 14.2 Å². The Hall–Kier alpha value is -5.26. The molecule has 0 radical (unpaired) electrons. The monoisotopic (exact) mass is 601 g/mol. The van der Waals surface area contributed by atoms with Crippen LogP contribution in [0.5, 0.6) is 0 Å².